The lowest BCUT2D eigenvalue weighted by atomic mass is 10.0. The van der Waals surface area contributed by atoms with Crippen LogP contribution in [-0.4, -0.2) is 56.3 Å². The molecule has 3 unspecified atom stereocenters. The Bertz CT molecular complexity index is 788. The fraction of sp³-hybridized carbons (Fsp3) is 0.583. The van der Waals surface area contributed by atoms with Crippen molar-refractivity contribution in [3.05, 3.63) is 41.0 Å². The number of amides is 1. The summed E-state index contributed by atoms with van der Waals surface area (Å²) >= 11 is 0. The highest BCUT2D eigenvalue weighted by Gasteiger charge is 2.25. The van der Waals surface area contributed by atoms with Gasteiger partial charge in [0.1, 0.15) is 12.4 Å². The predicted octanol–water partition coefficient (Wildman–Crippen LogP) is 3.92. The van der Waals surface area contributed by atoms with Gasteiger partial charge in [0.05, 0.1) is 11.8 Å². The molecule has 1 aromatic carbocycles. The quantitative estimate of drug-likeness (QED) is 0.629. The molecule has 166 valence electrons. The van der Waals surface area contributed by atoms with Gasteiger partial charge in [0.25, 0.3) is 0 Å². The molecule has 1 amide bonds. The lowest BCUT2D eigenvalue weighted by Gasteiger charge is -2.33. The van der Waals surface area contributed by atoms with Gasteiger partial charge < -0.3 is 19.7 Å². The van der Waals surface area contributed by atoms with Crippen molar-refractivity contribution in [2.75, 3.05) is 27.3 Å². The first-order valence-electron chi connectivity index (χ1n) is 10.7. The van der Waals surface area contributed by atoms with Gasteiger partial charge in [0.15, 0.2) is 6.23 Å². The zero-order chi connectivity index (χ0) is 22.3. The molecule has 6 nitrogen and oxygen atoms in total. The number of nitrogens with zero attached hydrogens (tertiary/aromatic N) is 2. The van der Waals surface area contributed by atoms with Gasteiger partial charge in [-0.2, -0.15) is 0 Å². The molecular formula is C24H37N3O3. The number of benzene rings is 1. The van der Waals surface area contributed by atoms with E-state index in [2.05, 4.69) is 51.2 Å². The Balaban J connectivity index is 1.97. The molecule has 0 radical (unpaired) electrons. The number of carbonyl (C=O) groups is 1. The van der Waals surface area contributed by atoms with Gasteiger partial charge in [-0.05, 0) is 58.1 Å². The Labute approximate surface area is 181 Å². The molecule has 30 heavy (non-hydrogen) atoms. The van der Waals surface area contributed by atoms with Crippen molar-refractivity contribution >= 4 is 17.4 Å². The number of methoxy groups -OCH3 is 2. The third-order valence-electron chi connectivity index (χ3n) is 5.63. The Hall–Kier alpha value is -2.18. The molecule has 1 aliphatic heterocycles. The lowest BCUT2D eigenvalue weighted by molar-refractivity contribution is -0.123. The van der Waals surface area contributed by atoms with E-state index in [0.29, 0.717) is 12.5 Å². The maximum absolute atomic E-state index is 12.6. The molecule has 0 saturated carbocycles. The zero-order valence-corrected chi connectivity index (χ0v) is 19.5. The SMILES string of the molecule is COC(C)CCC(C)CNC(=O)CN1C(C)=NC(c2ccc(C)cc2C)=CC1OC. The molecule has 0 aromatic heterocycles. The molecule has 0 fully saturated rings. The maximum Gasteiger partial charge on any atom is 0.239 e. The summed E-state index contributed by atoms with van der Waals surface area (Å²) in [6.07, 6.45) is 3.90. The molecule has 3 atom stereocenters. The van der Waals surface area contributed by atoms with E-state index in [1.165, 1.54) is 11.1 Å². The predicted molar refractivity (Wildman–Crippen MR) is 122 cm³/mol. The second kappa shape index (κ2) is 11.3. The van der Waals surface area contributed by atoms with Crippen molar-refractivity contribution in [1.82, 2.24) is 10.2 Å². The molecule has 1 aliphatic rings. The van der Waals surface area contributed by atoms with Gasteiger partial charge in [0, 0.05) is 26.3 Å². The lowest BCUT2D eigenvalue weighted by Crippen LogP contribution is -2.47. The van der Waals surface area contributed by atoms with Crippen LogP contribution >= 0.6 is 0 Å². The number of hydrogen-bond acceptors (Lipinski definition) is 5. The second-order valence-corrected chi connectivity index (χ2v) is 8.32. The fourth-order valence-corrected chi connectivity index (χ4v) is 3.57. The minimum absolute atomic E-state index is 0.0263. The number of amidine groups is 1. The van der Waals surface area contributed by atoms with Gasteiger partial charge in [-0.1, -0.05) is 30.7 Å². The van der Waals surface area contributed by atoms with E-state index in [-0.39, 0.29) is 24.8 Å². The van der Waals surface area contributed by atoms with Crippen LogP contribution in [0.15, 0.2) is 29.3 Å². The maximum atomic E-state index is 12.6. The number of carbonyl (C=O) groups excluding carboxylic acids is 1. The van der Waals surface area contributed by atoms with Gasteiger partial charge in [0.2, 0.25) is 5.91 Å². The topological polar surface area (TPSA) is 63.2 Å². The Kier molecular flexibility index (Phi) is 9.06. The molecular weight excluding hydrogens is 378 g/mol. The van der Waals surface area contributed by atoms with Crippen LogP contribution in [0.3, 0.4) is 0 Å². The smallest absolute Gasteiger partial charge is 0.239 e. The summed E-state index contributed by atoms with van der Waals surface area (Å²) in [5.74, 6) is 1.15. The van der Waals surface area contributed by atoms with Crippen LogP contribution in [-0.2, 0) is 14.3 Å². The van der Waals surface area contributed by atoms with E-state index in [9.17, 15) is 4.79 Å². The number of hydrogen-bond donors (Lipinski definition) is 1. The molecule has 2 rings (SSSR count). The Morgan fingerprint density at radius 3 is 2.57 bits per heavy atom. The Morgan fingerprint density at radius 1 is 1.20 bits per heavy atom. The first-order valence-corrected chi connectivity index (χ1v) is 10.7. The summed E-state index contributed by atoms with van der Waals surface area (Å²) in [4.78, 5) is 19.2. The molecule has 0 aliphatic carbocycles. The monoisotopic (exact) mass is 415 g/mol. The first kappa shape index (κ1) is 24.1. The summed E-state index contributed by atoms with van der Waals surface area (Å²) in [6, 6.07) is 6.33. The first-order chi connectivity index (χ1) is 14.2. The number of aryl methyl sites for hydroxylation is 2. The Morgan fingerprint density at radius 2 is 1.93 bits per heavy atom. The third-order valence-corrected chi connectivity index (χ3v) is 5.63. The standard InChI is InChI=1S/C24H37N3O3/c1-16-9-11-21(18(3)12-16)22-13-24(30-7)27(20(5)26-22)15-23(28)25-14-17(2)8-10-19(4)29-6/h9,11-13,17,19,24H,8,10,14-15H2,1-7H3,(H,25,28). The summed E-state index contributed by atoms with van der Waals surface area (Å²) in [5, 5.41) is 3.04. The highest BCUT2D eigenvalue weighted by Crippen LogP contribution is 2.26. The van der Waals surface area contributed by atoms with Crippen molar-refractivity contribution in [2.24, 2.45) is 10.9 Å². The van der Waals surface area contributed by atoms with Gasteiger partial charge >= 0.3 is 0 Å². The second-order valence-electron chi connectivity index (χ2n) is 8.32. The minimum atomic E-state index is -0.330. The minimum Gasteiger partial charge on any atom is -0.382 e. The molecule has 0 bridgehead atoms. The molecule has 1 N–H and O–H groups in total. The third kappa shape index (κ3) is 6.67. The van der Waals surface area contributed by atoms with Crippen LogP contribution in [0.1, 0.15) is 50.3 Å². The normalized spacial score (nSPS) is 18.5. The largest absolute Gasteiger partial charge is 0.382 e. The van der Waals surface area contributed by atoms with E-state index in [1.54, 1.807) is 14.2 Å². The van der Waals surface area contributed by atoms with Crippen molar-refractivity contribution in [3.8, 4) is 0 Å². The van der Waals surface area contributed by atoms with Crippen molar-refractivity contribution in [2.45, 2.75) is 59.8 Å². The molecule has 0 spiro atoms. The van der Waals surface area contributed by atoms with E-state index in [0.717, 1.165) is 29.9 Å². The number of aliphatic imine (C=N–C) groups is 1. The van der Waals surface area contributed by atoms with E-state index in [4.69, 9.17) is 14.5 Å². The summed E-state index contributed by atoms with van der Waals surface area (Å²) in [5.41, 5.74) is 4.37. The van der Waals surface area contributed by atoms with Crippen molar-refractivity contribution in [3.63, 3.8) is 0 Å². The van der Waals surface area contributed by atoms with Crippen molar-refractivity contribution in [1.29, 1.82) is 0 Å². The van der Waals surface area contributed by atoms with Crippen LogP contribution in [0.25, 0.3) is 5.70 Å². The van der Waals surface area contributed by atoms with Gasteiger partial charge in [-0.15, -0.1) is 0 Å². The number of rotatable bonds is 10. The molecule has 1 heterocycles. The van der Waals surface area contributed by atoms with Crippen LogP contribution in [0.5, 0.6) is 0 Å². The summed E-state index contributed by atoms with van der Waals surface area (Å²) in [6.45, 7) is 11.2. The molecule has 1 aromatic rings. The van der Waals surface area contributed by atoms with Crippen LogP contribution in [0, 0.1) is 19.8 Å². The highest BCUT2D eigenvalue weighted by atomic mass is 16.5. The summed E-state index contributed by atoms with van der Waals surface area (Å²) < 4.78 is 11.0. The zero-order valence-electron chi connectivity index (χ0n) is 19.5. The molecule has 6 heteroatoms. The highest BCUT2D eigenvalue weighted by molar-refractivity contribution is 5.92. The van der Waals surface area contributed by atoms with E-state index < -0.39 is 0 Å². The number of ether oxygens (including phenoxy) is 2. The number of nitrogens with one attached hydrogen (secondary N) is 1. The van der Waals surface area contributed by atoms with Crippen LogP contribution < -0.4 is 5.32 Å². The van der Waals surface area contributed by atoms with Crippen LogP contribution in [0.2, 0.25) is 0 Å². The fourth-order valence-electron chi connectivity index (χ4n) is 3.57. The van der Waals surface area contributed by atoms with Crippen molar-refractivity contribution < 1.29 is 14.3 Å². The molecule has 0 saturated heterocycles. The van der Waals surface area contributed by atoms with Gasteiger partial charge in [-0.3, -0.25) is 4.79 Å². The van der Waals surface area contributed by atoms with Gasteiger partial charge in [-0.25, -0.2) is 4.99 Å². The van der Waals surface area contributed by atoms with E-state index >= 15 is 0 Å². The average molecular weight is 416 g/mol. The van der Waals surface area contributed by atoms with Crippen LogP contribution in [0.4, 0.5) is 0 Å². The summed E-state index contributed by atoms with van der Waals surface area (Å²) in [7, 11) is 3.38. The average Bonchev–Trinajstić information content (AvgIpc) is 2.71. The van der Waals surface area contributed by atoms with E-state index in [1.807, 2.05) is 17.9 Å².